The molecule has 0 spiro atoms. The van der Waals surface area contributed by atoms with E-state index in [0.29, 0.717) is 11.2 Å². The smallest absolute Gasteiger partial charge is 0.189 e. The Balaban J connectivity index is 2.06. The van der Waals surface area contributed by atoms with E-state index in [-0.39, 0.29) is 6.61 Å². The summed E-state index contributed by atoms with van der Waals surface area (Å²) in [6, 6.07) is 0. The van der Waals surface area contributed by atoms with E-state index in [1.807, 2.05) is 0 Å². The maximum Gasteiger partial charge on any atom is 0.189 e. The van der Waals surface area contributed by atoms with E-state index < -0.39 is 18.2 Å². The normalized spacial score (nSPS) is 23.6. The minimum absolute atomic E-state index is 0.259. The predicted molar refractivity (Wildman–Crippen MR) is 60.2 cm³/mol. The highest BCUT2D eigenvalue weighted by atomic mass is 19.1. The third-order valence-corrected chi connectivity index (χ3v) is 2.86. The van der Waals surface area contributed by atoms with Gasteiger partial charge in [0.25, 0.3) is 0 Å². The number of rotatable bonds is 2. The van der Waals surface area contributed by atoms with Crippen LogP contribution in [0.15, 0.2) is 24.6 Å². The molecule has 0 fully saturated rings. The number of hydrogen-bond donors (Lipinski definition) is 1. The Bertz CT molecular complexity index is 625. The zero-order chi connectivity index (χ0) is 12.7. The number of ether oxygens (including phenoxy) is 1. The first kappa shape index (κ1) is 11.2. The summed E-state index contributed by atoms with van der Waals surface area (Å²) in [5, 5.41) is 8.97. The Morgan fingerprint density at radius 3 is 3.00 bits per heavy atom. The van der Waals surface area contributed by atoms with Crippen molar-refractivity contribution in [2.45, 2.75) is 19.3 Å². The number of imidazole rings is 1. The van der Waals surface area contributed by atoms with E-state index in [2.05, 4.69) is 15.0 Å². The highest BCUT2D eigenvalue weighted by Crippen LogP contribution is 2.31. The lowest BCUT2D eigenvalue weighted by Gasteiger charge is -2.14. The summed E-state index contributed by atoms with van der Waals surface area (Å²) in [5.74, 6) is -0.454. The summed E-state index contributed by atoms with van der Waals surface area (Å²) >= 11 is 0. The molecule has 7 heteroatoms. The number of aliphatic hydroxyl groups is 1. The second-order valence-electron chi connectivity index (χ2n) is 4.04. The van der Waals surface area contributed by atoms with Crippen LogP contribution in [0.2, 0.25) is 0 Å². The molecule has 18 heavy (non-hydrogen) atoms. The average Bonchev–Trinajstić information content (AvgIpc) is 2.93. The SMILES string of the molecule is Cc1ncnc2c1ncn2[C@H]1O[C@@H](CO)C=C1F. The van der Waals surface area contributed by atoms with Crippen molar-refractivity contribution in [1.82, 2.24) is 19.5 Å². The third kappa shape index (κ3) is 1.59. The van der Waals surface area contributed by atoms with E-state index in [0.717, 1.165) is 5.69 Å². The van der Waals surface area contributed by atoms with Crippen molar-refractivity contribution in [3.63, 3.8) is 0 Å². The first-order valence-corrected chi connectivity index (χ1v) is 5.48. The number of aromatic nitrogens is 4. The van der Waals surface area contributed by atoms with E-state index in [1.54, 1.807) is 6.92 Å². The van der Waals surface area contributed by atoms with Crippen LogP contribution in [0, 0.1) is 6.92 Å². The number of fused-ring (bicyclic) bond motifs is 1. The van der Waals surface area contributed by atoms with Crippen LogP contribution in [-0.2, 0) is 4.74 Å². The van der Waals surface area contributed by atoms with Crippen molar-refractivity contribution in [2.24, 2.45) is 0 Å². The fourth-order valence-electron chi connectivity index (χ4n) is 1.96. The van der Waals surface area contributed by atoms with Gasteiger partial charge >= 0.3 is 0 Å². The molecule has 0 saturated carbocycles. The van der Waals surface area contributed by atoms with Gasteiger partial charge in [-0.2, -0.15) is 0 Å². The Labute approximate surface area is 102 Å². The van der Waals surface area contributed by atoms with Gasteiger partial charge in [-0.1, -0.05) is 0 Å². The molecule has 3 heterocycles. The third-order valence-electron chi connectivity index (χ3n) is 2.86. The lowest BCUT2D eigenvalue weighted by atomic mass is 10.3. The van der Waals surface area contributed by atoms with Crippen LogP contribution in [0.3, 0.4) is 0 Å². The average molecular weight is 250 g/mol. The molecule has 94 valence electrons. The molecule has 0 radical (unpaired) electrons. The summed E-state index contributed by atoms with van der Waals surface area (Å²) in [6.45, 7) is 1.55. The molecule has 1 aliphatic heterocycles. The molecule has 2 aromatic heterocycles. The maximum atomic E-state index is 13.7. The van der Waals surface area contributed by atoms with Crippen LogP contribution in [0.5, 0.6) is 0 Å². The summed E-state index contributed by atoms with van der Waals surface area (Å²) in [6.07, 6.45) is 2.57. The highest BCUT2D eigenvalue weighted by molar-refractivity contribution is 5.72. The number of hydrogen-bond acceptors (Lipinski definition) is 5. The van der Waals surface area contributed by atoms with E-state index in [4.69, 9.17) is 9.84 Å². The van der Waals surface area contributed by atoms with Crippen LogP contribution in [0.4, 0.5) is 4.39 Å². The molecule has 0 saturated heterocycles. The molecule has 1 aliphatic rings. The van der Waals surface area contributed by atoms with Gasteiger partial charge in [0.05, 0.1) is 18.6 Å². The second-order valence-corrected chi connectivity index (χ2v) is 4.04. The second kappa shape index (κ2) is 4.11. The van der Waals surface area contributed by atoms with E-state index in [9.17, 15) is 4.39 Å². The fourth-order valence-corrected chi connectivity index (χ4v) is 1.96. The quantitative estimate of drug-likeness (QED) is 0.856. The first-order chi connectivity index (χ1) is 8.70. The summed E-state index contributed by atoms with van der Waals surface area (Å²) in [7, 11) is 0. The van der Waals surface area contributed by atoms with Gasteiger partial charge in [-0.15, -0.1) is 0 Å². The standard InChI is InChI=1S/C11H11FN4O2/c1-6-9-10(14-4-13-6)16(5-15-9)11-8(12)2-7(3-17)18-11/h2,4-5,7,11,17H,3H2,1H3/t7-,11+/m1/s1. The fraction of sp³-hybridized carbons (Fsp3) is 0.364. The maximum absolute atomic E-state index is 13.7. The van der Waals surface area contributed by atoms with E-state index >= 15 is 0 Å². The van der Waals surface area contributed by atoms with Crippen molar-refractivity contribution in [3.05, 3.63) is 30.3 Å². The molecule has 1 N–H and O–H groups in total. The molecule has 2 aromatic rings. The molecule has 0 aromatic carbocycles. The molecule has 0 unspecified atom stereocenters. The van der Waals surface area contributed by atoms with Gasteiger partial charge < -0.3 is 9.84 Å². The Morgan fingerprint density at radius 2 is 2.28 bits per heavy atom. The number of aryl methyl sites for hydroxylation is 1. The van der Waals surface area contributed by atoms with Crippen LogP contribution in [-0.4, -0.2) is 37.3 Å². The molecule has 0 amide bonds. The van der Waals surface area contributed by atoms with Gasteiger partial charge in [0, 0.05) is 0 Å². The summed E-state index contributed by atoms with van der Waals surface area (Å²) < 4.78 is 20.6. The lowest BCUT2D eigenvalue weighted by molar-refractivity contribution is -0.0174. The van der Waals surface area contributed by atoms with Gasteiger partial charge in [-0.05, 0) is 13.0 Å². The molecule has 0 bridgehead atoms. The van der Waals surface area contributed by atoms with Crippen molar-refractivity contribution in [1.29, 1.82) is 0 Å². The highest BCUT2D eigenvalue weighted by Gasteiger charge is 2.30. The van der Waals surface area contributed by atoms with Gasteiger partial charge in [0.2, 0.25) is 0 Å². The Kier molecular flexibility index (Phi) is 2.57. The van der Waals surface area contributed by atoms with Gasteiger partial charge in [-0.3, -0.25) is 4.57 Å². The van der Waals surface area contributed by atoms with Crippen molar-refractivity contribution in [2.75, 3.05) is 6.61 Å². The number of nitrogens with zero attached hydrogens (tertiary/aromatic N) is 4. The molecule has 3 rings (SSSR count). The summed E-state index contributed by atoms with van der Waals surface area (Å²) in [5.41, 5.74) is 1.84. The molecular formula is C11H11FN4O2. The monoisotopic (exact) mass is 250 g/mol. The van der Waals surface area contributed by atoms with Gasteiger partial charge in [-0.25, -0.2) is 19.3 Å². The summed E-state index contributed by atoms with van der Waals surface area (Å²) in [4.78, 5) is 12.3. The predicted octanol–water partition coefficient (Wildman–Crippen LogP) is 0.878. The lowest BCUT2D eigenvalue weighted by Crippen LogP contribution is -2.16. The van der Waals surface area contributed by atoms with Crippen molar-refractivity contribution < 1.29 is 14.2 Å². The number of aliphatic hydroxyl groups excluding tert-OH is 1. The Morgan fingerprint density at radius 1 is 1.44 bits per heavy atom. The van der Waals surface area contributed by atoms with Crippen LogP contribution in [0.25, 0.3) is 11.2 Å². The topological polar surface area (TPSA) is 73.1 Å². The van der Waals surface area contributed by atoms with Gasteiger partial charge in [0.1, 0.15) is 23.8 Å². The van der Waals surface area contributed by atoms with Crippen molar-refractivity contribution >= 4 is 11.2 Å². The van der Waals surface area contributed by atoms with Crippen LogP contribution in [0.1, 0.15) is 11.9 Å². The molecule has 2 atom stereocenters. The minimum atomic E-state index is -0.915. The van der Waals surface area contributed by atoms with Gasteiger partial charge in [0.15, 0.2) is 11.9 Å². The zero-order valence-corrected chi connectivity index (χ0v) is 9.62. The van der Waals surface area contributed by atoms with Crippen LogP contribution < -0.4 is 0 Å². The van der Waals surface area contributed by atoms with Crippen LogP contribution >= 0.6 is 0 Å². The molecular weight excluding hydrogens is 239 g/mol. The Hall–Kier alpha value is -1.86. The zero-order valence-electron chi connectivity index (χ0n) is 9.62. The van der Waals surface area contributed by atoms with Crippen molar-refractivity contribution in [3.8, 4) is 0 Å². The number of halogens is 1. The first-order valence-electron chi connectivity index (χ1n) is 5.48. The largest absolute Gasteiger partial charge is 0.393 e. The molecule has 0 aliphatic carbocycles. The minimum Gasteiger partial charge on any atom is -0.393 e. The van der Waals surface area contributed by atoms with E-state index in [1.165, 1.54) is 23.3 Å². The molecule has 6 nitrogen and oxygen atoms in total.